The van der Waals surface area contributed by atoms with Gasteiger partial charge in [-0.05, 0) is 24.5 Å². The molecule has 1 aromatic heterocycles. The van der Waals surface area contributed by atoms with Gasteiger partial charge in [0.1, 0.15) is 18.2 Å². The molecule has 206 valence electrons. The van der Waals surface area contributed by atoms with Crippen LogP contribution in [-0.2, 0) is 25.8 Å². The Kier molecular flexibility index (Phi) is 6.74. The summed E-state index contributed by atoms with van der Waals surface area (Å²) in [6.07, 6.45) is 9.23. The number of aliphatic hydroxyl groups excluding tert-OH is 1. The molecule has 0 aliphatic carbocycles. The number of nitrogens with zero attached hydrogens (tertiary/aromatic N) is 5. The summed E-state index contributed by atoms with van der Waals surface area (Å²) in [7, 11) is 0. The normalized spacial score (nSPS) is 31.8. The maximum atomic E-state index is 14.5. The van der Waals surface area contributed by atoms with E-state index in [1.807, 2.05) is 62.4 Å². The molecule has 2 saturated heterocycles. The van der Waals surface area contributed by atoms with E-state index in [0.29, 0.717) is 13.0 Å². The van der Waals surface area contributed by atoms with E-state index in [-0.39, 0.29) is 42.9 Å². The van der Waals surface area contributed by atoms with Gasteiger partial charge in [0, 0.05) is 11.8 Å². The third-order valence-electron chi connectivity index (χ3n) is 8.71. The first-order valence-corrected chi connectivity index (χ1v) is 14.5. The summed E-state index contributed by atoms with van der Waals surface area (Å²) in [5, 5.41) is 18.7. The topological polar surface area (TPSA) is 118 Å². The quantitative estimate of drug-likeness (QED) is 0.428. The third-order valence-corrected chi connectivity index (χ3v) is 10.5. The molecule has 10 nitrogen and oxygen atoms in total. The Bertz CT molecular complexity index is 1360. The maximum absolute atomic E-state index is 14.5. The van der Waals surface area contributed by atoms with Crippen LogP contribution in [0, 0.1) is 17.8 Å². The molecule has 4 aliphatic rings. The predicted molar refractivity (Wildman–Crippen MR) is 145 cm³/mol. The number of aliphatic hydroxyl groups is 1. The van der Waals surface area contributed by atoms with Crippen molar-refractivity contribution in [2.24, 2.45) is 17.8 Å². The van der Waals surface area contributed by atoms with Gasteiger partial charge in [-0.15, -0.1) is 16.9 Å². The van der Waals surface area contributed by atoms with E-state index in [4.69, 9.17) is 4.74 Å². The fourth-order valence-corrected chi connectivity index (χ4v) is 8.56. The van der Waals surface area contributed by atoms with Crippen molar-refractivity contribution in [3.8, 4) is 0 Å². The summed E-state index contributed by atoms with van der Waals surface area (Å²) in [4.78, 5) is 45.5. The maximum Gasteiger partial charge on any atom is 0.311 e. The predicted octanol–water partition coefficient (Wildman–Crippen LogP) is 1.99. The van der Waals surface area contributed by atoms with Crippen molar-refractivity contribution in [1.82, 2.24) is 24.8 Å². The number of benzene rings is 1. The molecule has 6 rings (SSSR count). The average molecular weight is 552 g/mol. The van der Waals surface area contributed by atoms with Gasteiger partial charge >= 0.3 is 5.97 Å². The lowest BCUT2D eigenvalue weighted by atomic mass is 9.78. The molecular formula is C28H33N5O5S. The number of para-hydroxylation sites is 1. The first-order chi connectivity index (χ1) is 18.9. The Balaban J connectivity index is 1.44. The summed E-state index contributed by atoms with van der Waals surface area (Å²) in [5.41, 5.74) is 1.54. The van der Waals surface area contributed by atoms with E-state index in [1.54, 1.807) is 14.5 Å². The summed E-state index contributed by atoms with van der Waals surface area (Å²) in [6.45, 7) is 4.47. The van der Waals surface area contributed by atoms with Gasteiger partial charge in [0.2, 0.25) is 11.8 Å². The van der Waals surface area contributed by atoms with Crippen LogP contribution in [0.5, 0.6) is 0 Å². The summed E-state index contributed by atoms with van der Waals surface area (Å²) < 4.78 is 6.27. The van der Waals surface area contributed by atoms with Crippen molar-refractivity contribution < 1.29 is 24.2 Å². The molecule has 1 unspecified atom stereocenters. The lowest BCUT2D eigenvalue weighted by molar-refractivity contribution is -0.154. The summed E-state index contributed by atoms with van der Waals surface area (Å²) in [6, 6.07) is 6.12. The van der Waals surface area contributed by atoms with E-state index < -0.39 is 34.6 Å². The van der Waals surface area contributed by atoms with Crippen LogP contribution < -0.4 is 0 Å². The highest BCUT2D eigenvalue weighted by Gasteiger charge is 2.72. The van der Waals surface area contributed by atoms with E-state index in [0.717, 1.165) is 17.5 Å². The number of likely N-dealkylation sites (tertiary alicyclic amines) is 1. The molecule has 7 atom stereocenters. The Hall–Kier alpha value is -3.18. The van der Waals surface area contributed by atoms with Crippen LogP contribution in [0.25, 0.3) is 11.0 Å². The minimum absolute atomic E-state index is 0.0486. The summed E-state index contributed by atoms with van der Waals surface area (Å²) in [5.74, 6) is -2.41. The van der Waals surface area contributed by atoms with E-state index >= 15 is 0 Å². The fraction of sp³-hybridized carbons (Fsp3) is 0.536. The van der Waals surface area contributed by atoms with Crippen molar-refractivity contribution in [3.63, 3.8) is 0 Å². The number of aromatic nitrogens is 3. The zero-order chi connectivity index (χ0) is 27.3. The Morgan fingerprint density at radius 2 is 2.03 bits per heavy atom. The highest BCUT2D eigenvalue weighted by molar-refractivity contribution is 8.02. The van der Waals surface area contributed by atoms with Crippen LogP contribution in [0.2, 0.25) is 0 Å². The van der Waals surface area contributed by atoms with Gasteiger partial charge in [-0.2, -0.15) is 0 Å². The molecule has 5 heterocycles. The van der Waals surface area contributed by atoms with Crippen LogP contribution in [0.3, 0.4) is 0 Å². The first kappa shape index (κ1) is 26.1. The highest BCUT2D eigenvalue weighted by atomic mass is 32.2. The molecule has 0 bridgehead atoms. The Morgan fingerprint density at radius 1 is 1.21 bits per heavy atom. The number of cyclic esters (lactones) is 1. The second-order valence-electron chi connectivity index (χ2n) is 10.8. The summed E-state index contributed by atoms with van der Waals surface area (Å²) >= 11 is 1.51. The van der Waals surface area contributed by atoms with Gasteiger partial charge in [-0.3, -0.25) is 14.4 Å². The van der Waals surface area contributed by atoms with E-state index in [2.05, 4.69) is 10.3 Å². The molecule has 1 spiro atoms. The minimum Gasteiger partial charge on any atom is -0.465 e. The number of carbonyl (C=O) groups is 3. The Labute approximate surface area is 231 Å². The van der Waals surface area contributed by atoms with Gasteiger partial charge < -0.3 is 19.6 Å². The SMILES string of the molecule is CC[C@H](C)[C@H](CO)N1C(=O)[C@@H]2[C@H]3C(=O)OCCC=C[C@H]3S[C@@]23C=CCN(Cn2nnc4ccccc42)C(=O)C13. The molecule has 1 N–H and O–H groups in total. The molecular weight excluding hydrogens is 518 g/mol. The van der Waals surface area contributed by atoms with E-state index in [9.17, 15) is 19.5 Å². The lowest BCUT2D eigenvalue weighted by Crippen LogP contribution is -2.58. The molecule has 4 aliphatic heterocycles. The van der Waals surface area contributed by atoms with Gasteiger partial charge in [-0.25, -0.2) is 4.68 Å². The number of fused-ring (bicyclic) bond motifs is 3. The second kappa shape index (κ2) is 10.1. The number of hydrogen-bond donors (Lipinski definition) is 1. The zero-order valence-corrected chi connectivity index (χ0v) is 22.9. The van der Waals surface area contributed by atoms with Crippen molar-refractivity contribution in [3.05, 3.63) is 48.6 Å². The van der Waals surface area contributed by atoms with Crippen molar-refractivity contribution in [1.29, 1.82) is 0 Å². The van der Waals surface area contributed by atoms with Crippen molar-refractivity contribution in [2.45, 2.75) is 55.4 Å². The largest absolute Gasteiger partial charge is 0.465 e. The average Bonchev–Trinajstić information content (AvgIpc) is 3.52. The number of ether oxygens (including phenoxy) is 1. The van der Waals surface area contributed by atoms with Crippen molar-refractivity contribution >= 4 is 40.6 Å². The van der Waals surface area contributed by atoms with Crippen LogP contribution in [0.15, 0.2) is 48.6 Å². The number of esters is 1. The van der Waals surface area contributed by atoms with Gasteiger partial charge in [-0.1, -0.05) is 61.9 Å². The van der Waals surface area contributed by atoms with Gasteiger partial charge in [0.05, 0.1) is 41.4 Å². The van der Waals surface area contributed by atoms with E-state index in [1.165, 1.54) is 11.8 Å². The van der Waals surface area contributed by atoms with Crippen LogP contribution in [0.4, 0.5) is 0 Å². The molecule has 11 heteroatoms. The lowest BCUT2D eigenvalue weighted by Gasteiger charge is -2.40. The molecule has 0 radical (unpaired) electrons. The molecule has 2 aromatic rings. The Morgan fingerprint density at radius 3 is 2.82 bits per heavy atom. The number of hydrogen-bond acceptors (Lipinski definition) is 8. The number of rotatable bonds is 6. The molecule has 39 heavy (non-hydrogen) atoms. The van der Waals surface area contributed by atoms with Crippen LogP contribution >= 0.6 is 11.8 Å². The first-order valence-electron chi connectivity index (χ1n) is 13.6. The molecule has 2 amide bonds. The standard InChI is InChI=1S/C28H33N5O5S/c1-3-17(2)20(15-34)33-24-26(36)31(16-32-19-10-5-4-9-18(19)29-30-32)13-8-12-28(24)23(25(33)35)22-21(39-28)11-6-7-14-38-27(22)37/h4-6,8-12,17,20-24,34H,3,7,13-16H2,1-2H3/t17-,20-,21+,22-,23-,24?,28-/m0/s1. The fourth-order valence-electron chi connectivity index (χ4n) is 6.58. The van der Waals surface area contributed by atoms with Crippen molar-refractivity contribution in [2.75, 3.05) is 19.8 Å². The highest BCUT2D eigenvalue weighted by Crippen LogP contribution is 2.61. The smallest absolute Gasteiger partial charge is 0.311 e. The minimum atomic E-state index is -0.961. The van der Waals surface area contributed by atoms with Crippen LogP contribution in [0.1, 0.15) is 26.7 Å². The molecule has 2 fully saturated rings. The molecule has 0 saturated carbocycles. The molecule has 1 aromatic carbocycles. The monoisotopic (exact) mass is 551 g/mol. The number of carbonyl (C=O) groups excluding carboxylic acids is 3. The second-order valence-corrected chi connectivity index (χ2v) is 12.3. The number of thioether (sulfide) groups is 1. The third kappa shape index (κ3) is 4.00. The number of amides is 2. The van der Waals surface area contributed by atoms with Crippen LogP contribution in [-0.4, -0.2) is 89.5 Å². The van der Waals surface area contributed by atoms with Gasteiger partial charge in [0.25, 0.3) is 0 Å². The van der Waals surface area contributed by atoms with Gasteiger partial charge in [0.15, 0.2) is 0 Å². The zero-order valence-electron chi connectivity index (χ0n) is 22.1.